The average molecular weight is 919 g/mol. The Morgan fingerprint density at radius 3 is 1.70 bits per heavy atom. The Labute approximate surface area is 415 Å². The topological polar surface area (TPSA) is 33.5 Å². The predicted octanol–water partition coefficient (Wildman–Crippen LogP) is 17.1. The highest BCUT2D eigenvalue weighted by molar-refractivity contribution is 6.10. The Morgan fingerprint density at radius 2 is 1.06 bits per heavy atom. The molecule has 10 rings (SSSR count). The van der Waals surface area contributed by atoms with Gasteiger partial charge in [-0.25, -0.2) is 4.98 Å². The molecule has 0 bridgehead atoms. The zero-order valence-electron chi connectivity index (χ0n) is 42.8. The fraction of sp³-hybridized carbons (Fsp3) is 0.246. The van der Waals surface area contributed by atoms with Crippen molar-refractivity contribution in [2.45, 2.75) is 97.8 Å². The summed E-state index contributed by atoms with van der Waals surface area (Å²) in [7, 11) is 0. The van der Waals surface area contributed by atoms with Gasteiger partial charge in [0.25, 0.3) is 0 Å². The fourth-order valence-electron chi connectivity index (χ4n) is 9.81. The van der Waals surface area contributed by atoms with Crippen molar-refractivity contribution >= 4 is 38.9 Å². The van der Waals surface area contributed by atoms with Crippen molar-refractivity contribution in [3.05, 3.63) is 222 Å². The summed E-state index contributed by atoms with van der Waals surface area (Å²) >= 11 is 0. The fourth-order valence-corrected chi connectivity index (χ4v) is 9.81. The van der Waals surface area contributed by atoms with Crippen LogP contribution in [0.15, 0.2) is 188 Å². The van der Waals surface area contributed by atoms with Gasteiger partial charge in [0.1, 0.15) is 17.3 Å². The van der Waals surface area contributed by atoms with Crippen LogP contribution in [-0.4, -0.2) is 16.2 Å². The first kappa shape index (κ1) is 46.4. The Hall–Kier alpha value is -7.37. The van der Waals surface area contributed by atoms with E-state index in [1.54, 1.807) is 0 Å². The summed E-state index contributed by atoms with van der Waals surface area (Å²) in [5.74, 6) is 2.39. The molecule has 2 aromatic heterocycles. The molecule has 1 aliphatic rings. The first-order valence-corrected chi connectivity index (χ1v) is 24.8. The number of nitrogens with zero attached hydrogens (tertiary/aromatic N) is 4. The largest absolute Gasteiger partial charge is 0.457 e. The third kappa shape index (κ3) is 9.02. The van der Waals surface area contributed by atoms with Gasteiger partial charge < -0.3 is 14.5 Å². The van der Waals surface area contributed by atoms with Gasteiger partial charge in [0.05, 0.1) is 23.4 Å². The molecule has 7 aromatic carbocycles. The van der Waals surface area contributed by atoms with E-state index in [1.807, 2.05) is 6.20 Å². The van der Waals surface area contributed by atoms with E-state index in [-0.39, 0.29) is 21.7 Å². The number of benzene rings is 7. The molecule has 1 aliphatic heterocycles. The molecule has 5 nitrogen and oxygen atoms in total. The number of anilines is 2. The summed E-state index contributed by atoms with van der Waals surface area (Å²) in [6, 6.07) is 63.9. The van der Waals surface area contributed by atoms with Crippen LogP contribution in [0.1, 0.15) is 110 Å². The van der Waals surface area contributed by atoms with Crippen molar-refractivity contribution in [2.24, 2.45) is 0 Å². The zero-order valence-corrected chi connectivity index (χ0v) is 42.8. The van der Waals surface area contributed by atoms with Crippen LogP contribution in [0.3, 0.4) is 0 Å². The molecule has 0 unspecified atom stereocenters. The van der Waals surface area contributed by atoms with Crippen LogP contribution in [0.4, 0.5) is 11.4 Å². The second-order valence-electron chi connectivity index (χ2n) is 22.8. The molecular formula is C65H66N4O. The van der Waals surface area contributed by atoms with Gasteiger partial charge in [0.15, 0.2) is 0 Å². The van der Waals surface area contributed by atoms with Crippen molar-refractivity contribution in [3.63, 3.8) is 0 Å². The molecule has 0 saturated carbocycles. The first-order valence-electron chi connectivity index (χ1n) is 24.8. The number of hydrogen-bond donors (Lipinski definition) is 0. The lowest BCUT2D eigenvalue weighted by Gasteiger charge is -2.29. The molecule has 352 valence electrons. The molecule has 0 spiro atoms. The minimum atomic E-state index is -0.202. The molecule has 0 aliphatic carbocycles. The molecule has 0 radical (unpaired) electrons. The van der Waals surface area contributed by atoms with E-state index in [9.17, 15) is 0 Å². The summed E-state index contributed by atoms with van der Waals surface area (Å²) in [4.78, 5) is 9.87. The minimum Gasteiger partial charge on any atom is -0.457 e. The van der Waals surface area contributed by atoms with Crippen LogP contribution in [0.25, 0.3) is 44.4 Å². The number of ether oxygens (including phenoxy) is 1. The van der Waals surface area contributed by atoms with Crippen LogP contribution in [0.5, 0.6) is 11.5 Å². The van der Waals surface area contributed by atoms with E-state index in [0.717, 1.165) is 61.8 Å². The second-order valence-corrected chi connectivity index (χ2v) is 22.8. The molecule has 0 N–H and O–H groups in total. The normalized spacial score (nSPS) is 13.6. The highest BCUT2D eigenvalue weighted by atomic mass is 16.5. The number of fused-ring (bicyclic) bond motifs is 3. The van der Waals surface area contributed by atoms with Crippen LogP contribution >= 0.6 is 0 Å². The van der Waals surface area contributed by atoms with E-state index in [0.29, 0.717) is 6.67 Å². The lowest BCUT2D eigenvalue weighted by molar-refractivity contribution is 0.483. The lowest BCUT2D eigenvalue weighted by atomic mass is 9.78. The van der Waals surface area contributed by atoms with Crippen molar-refractivity contribution < 1.29 is 4.74 Å². The lowest BCUT2D eigenvalue weighted by Crippen LogP contribution is -2.27. The van der Waals surface area contributed by atoms with E-state index < -0.39 is 0 Å². The summed E-state index contributed by atoms with van der Waals surface area (Å²) in [6.45, 7) is 25.9. The summed E-state index contributed by atoms with van der Waals surface area (Å²) < 4.78 is 9.43. The molecule has 3 heterocycles. The Morgan fingerprint density at radius 1 is 0.429 bits per heavy atom. The van der Waals surface area contributed by atoms with Gasteiger partial charge in [-0.2, -0.15) is 0 Å². The van der Waals surface area contributed by atoms with Crippen molar-refractivity contribution in [1.82, 2.24) is 9.55 Å². The first-order chi connectivity index (χ1) is 33.3. The quantitative estimate of drug-likeness (QED) is 0.144. The SMILES string of the molecule is CC(C)(C)c1cc(N2C=C(c3ccccc3)N(c3cc(Oc4ccc5c6cc(C(C)(C)c7ccccc7)ccc6n(-c6cc(C(C)(C)C)ccn6)c5c4)cc(-c4ccccc4)c3)C2)cc(C(C)(C)C)c1. The van der Waals surface area contributed by atoms with Crippen LogP contribution < -0.4 is 14.5 Å². The van der Waals surface area contributed by atoms with Crippen LogP contribution in [0, 0.1) is 0 Å². The minimum absolute atomic E-state index is 0.00969. The number of rotatable bonds is 9. The van der Waals surface area contributed by atoms with Crippen LogP contribution in [-0.2, 0) is 21.7 Å². The Bertz CT molecular complexity index is 3370. The molecule has 9 aromatic rings. The maximum absolute atomic E-state index is 7.11. The predicted molar refractivity (Wildman–Crippen MR) is 296 cm³/mol. The standard InChI is InChI=1S/C65H66N4O/c1-62(2,3)48-31-32-66-61(39-48)69-58-30-27-49(65(10,11)47-25-19-14-20-26-47)38-57(58)56-29-28-54(41-59(56)69)70-55-34-46(44-21-15-12-16-22-44)33-53(40-55)68-43-67(42-60(68)45-23-17-13-18-24-45)52-36-50(63(4,5)6)35-51(37-52)64(7,8)9/h12-42H,43H2,1-11H3. The molecule has 0 amide bonds. The monoisotopic (exact) mass is 919 g/mol. The maximum Gasteiger partial charge on any atom is 0.137 e. The van der Waals surface area contributed by atoms with Gasteiger partial charge in [-0.15, -0.1) is 0 Å². The number of hydrogen-bond acceptors (Lipinski definition) is 4. The third-order valence-electron chi connectivity index (χ3n) is 14.3. The van der Waals surface area contributed by atoms with Gasteiger partial charge in [0, 0.05) is 52.1 Å². The highest BCUT2D eigenvalue weighted by Gasteiger charge is 2.30. The van der Waals surface area contributed by atoms with Crippen molar-refractivity contribution in [1.29, 1.82) is 0 Å². The summed E-state index contributed by atoms with van der Waals surface area (Å²) in [5, 5.41) is 2.33. The average Bonchev–Trinajstić information content (AvgIpc) is 3.94. The van der Waals surface area contributed by atoms with Gasteiger partial charge in [0.2, 0.25) is 0 Å². The molecule has 0 atom stereocenters. The number of pyridine rings is 1. The van der Waals surface area contributed by atoms with Gasteiger partial charge >= 0.3 is 0 Å². The summed E-state index contributed by atoms with van der Waals surface area (Å²) in [6.07, 6.45) is 4.26. The second kappa shape index (κ2) is 17.5. The number of aromatic nitrogens is 2. The van der Waals surface area contributed by atoms with Crippen molar-refractivity contribution in [2.75, 3.05) is 16.5 Å². The highest BCUT2D eigenvalue weighted by Crippen LogP contribution is 2.43. The Kier molecular flexibility index (Phi) is 11.6. The zero-order chi connectivity index (χ0) is 49.2. The van der Waals surface area contributed by atoms with Gasteiger partial charge in [-0.1, -0.05) is 179 Å². The van der Waals surface area contributed by atoms with Gasteiger partial charge in [-0.05, 0) is 121 Å². The molecule has 70 heavy (non-hydrogen) atoms. The van der Waals surface area contributed by atoms with E-state index in [1.165, 1.54) is 38.9 Å². The molecule has 5 heteroatoms. The summed E-state index contributed by atoms with van der Waals surface area (Å²) in [5.41, 5.74) is 15.0. The molecular weight excluding hydrogens is 853 g/mol. The van der Waals surface area contributed by atoms with E-state index in [4.69, 9.17) is 9.72 Å². The molecule has 0 fully saturated rings. The van der Waals surface area contributed by atoms with Crippen molar-refractivity contribution in [3.8, 4) is 28.4 Å². The van der Waals surface area contributed by atoms with Crippen LogP contribution in [0.2, 0.25) is 0 Å². The van der Waals surface area contributed by atoms with E-state index in [2.05, 4.69) is 273 Å². The van der Waals surface area contributed by atoms with Gasteiger partial charge in [-0.3, -0.25) is 4.57 Å². The Balaban J connectivity index is 1.11. The molecule has 0 saturated heterocycles. The third-order valence-corrected chi connectivity index (χ3v) is 14.3. The van der Waals surface area contributed by atoms with E-state index >= 15 is 0 Å². The maximum atomic E-state index is 7.11. The smallest absolute Gasteiger partial charge is 0.137 e.